The van der Waals surface area contributed by atoms with Gasteiger partial charge in [0.15, 0.2) is 0 Å². The molecule has 2 rings (SSSR count). The van der Waals surface area contributed by atoms with Crippen LogP contribution in [0.15, 0.2) is 18.3 Å². The second-order valence-corrected chi connectivity index (χ2v) is 4.21. The summed E-state index contributed by atoms with van der Waals surface area (Å²) in [5.74, 6) is 0.660. The third kappa shape index (κ3) is 2.31. The maximum absolute atomic E-state index is 8.95. The van der Waals surface area contributed by atoms with Gasteiger partial charge in [0.2, 0.25) is 0 Å². The zero-order valence-electron chi connectivity index (χ0n) is 9.19. The fourth-order valence-electron chi connectivity index (χ4n) is 2.12. The molecule has 4 nitrogen and oxygen atoms in total. The van der Waals surface area contributed by atoms with Crippen molar-refractivity contribution in [3.05, 3.63) is 23.9 Å². The van der Waals surface area contributed by atoms with E-state index < -0.39 is 0 Å². The molecule has 4 heteroatoms. The summed E-state index contributed by atoms with van der Waals surface area (Å²) in [6.07, 6.45) is 6.19. The Morgan fingerprint density at radius 2 is 2.25 bits per heavy atom. The van der Waals surface area contributed by atoms with E-state index in [0.29, 0.717) is 11.4 Å². The number of nitrogens with two attached hydrogens (primary N) is 1. The molecule has 3 N–H and O–H groups in total. The monoisotopic (exact) mass is 216 g/mol. The Morgan fingerprint density at radius 1 is 1.44 bits per heavy atom. The van der Waals surface area contributed by atoms with Crippen molar-refractivity contribution in [1.29, 1.82) is 5.26 Å². The third-order valence-electron chi connectivity index (χ3n) is 3.07. The molecular weight excluding hydrogens is 200 g/mol. The second kappa shape index (κ2) is 4.95. The summed E-state index contributed by atoms with van der Waals surface area (Å²) >= 11 is 0. The lowest BCUT2D eigenvalue weighted by Gasteiger charge is -2.29. The van der Waals surface area contributed by atoms with Crippen LogP contribution in [0.25, 0.3) is 0 Å². The highest BCUT2D eigenvalue weighted by atomic mass is 15.0. The van der Waals surface area contributed by atoms with Gasteiger partial charge in [0.1, 0.15) is 11.9 Å². The summed E-state index contributed by atoms with van der Waals surface area (Å²) in [5, 5.41) is 12.2. The Bertz CT molecular complexity index is 396. The van der Waals surface area contributed by atoms with Gasteiger partial charge < -0.3 is 11.1 Å². The minimum absolute atomic E-state index is 0.169. The molecule has 0 saturated heterocycles. The van der Waals surface area contributed by atoms with Crippen LogP contribution in [0, 0.1) is 11.3 Å². The highest BCUT2D eigenvalue weighted by Crippen LogP contribution is 2.21. The van der Waals surface area contributed by atoms with Gasteiger partial charge in [0, 0.05) is 18.3 Å². The number of pyridine rings is 1. The van der Waals surface area contributed by atoms with E-state index in [9.17, 15) is 0 Å². The van der Waals surface area contributed by atoms with E-state index in [1.807, 2.05) is 0 Å². The molecule has 1 aliphatic carbocycles. The lowest BCUT2D eigenvalue weighted by molar-refractivity contribution is 0.403. The molecule has 0 amide bonds. The lowest BCUT2D eigenvalue weighted by atomic mass is 9.91. The molecule has 0 radical (unpaired) electrons. The third-order valence-corrected chi connectivity index (χ3v) is 3.07. The van der Waals surface area contributed by atoms with Gasteiger partial charge in [-0.05, 0) is 25.0 Å². The van der Waals surface area contributed by atoms with E-state index in [2.05, 4.69) is 16.4 Å². The predicted molar refractivity (Wildman–Crippen MR) is 62.8 cm³/mol. The molecule has 0 unspecified atom stereocenters. The van der Waals surface area contributed by atoms with Crippen LogP contribution in [0.3, 0.4) is 0 Å². The molecule has 16 heavy (non-hydrogen) atoms. The molecule has 1 aliphatic rings. The van der Waals surface area contributed by atoms with Crippen LogP contribution in [-0.4, -0.2) is 17.1 Å². The number of hydrogen-bond acceptors (Lipinski definition) is 4. The minimum Gasteiger partial charge on any atom is -0.365 e. The van der Waals surface area contributed by atoms with Crippen LogP contribution < -0.4 is 11.1 Å². The maximum atomic E-state index is 8.95. The van der Waals surface area contributed by atoms with Crippen molar-refractivity contribution in [2.75, 3.05) is 5.32 Å². The predicted octanol–water partition coefficient (Wildman–Crippen LogP) is 1.64. The van der Waals surface area contributed by atoms with Crippen LogP contribution in [0.1, 0.15) is 31.2 Å². The molecule has 1 fully saturated rings. The summed E-state index contributed by atoms with van der Waals surface area (Å²) in [7, 11) is 0. The van der Waals surface area contributed by atoms with E-state index in [0.717, 1.165) is 12.8 Å². The number of nitrogens with zero attached hydrogens (tertiary/aromatic N) is 2. The molecule has 0 aromatic carbocycles. The second-order valence-electron chi connectivity index (χ2n) is 4.21. The normalized spacial score (nSPS) is 24.8. The summed E-state index contributed by atoms with van der Waals surface area (Å²) in [6, 6.07) is 6.08. The maximum Gasteiger partial charge on any atom is 0.144 e. The average molecular weight is 216 g/mol. The lowest BCUT2D eigenvalue weighted by Crippen LogP contribution is -2.42. The van der Waals surface area contributed by atoms with Crippen molar-refractivity contribution in [2.45, 2.75) is 37.8 Å². The fourth-order valence-corrected chi connectivity index (χ4v) is 2.12. The van der Waals surface area contributed by atoms with Crippen molar-refractivity contribution in [3.63, 3.8) is 0 Å². The Balaban J connectivity index is 2.11. The van der Waals surface area contributed by atoms with E-state index in [1.54, 1.807) is 18.3 Å². The standard InChI is InChI=1S/C12H16N4/c13-8-9-4-3-7-15-12(9)16-11-6-2-1-5-10(11)14/h3-4,7,10-11H,1-2,5-6,14H2,(H,15,16)/t10-,11-/m0/s1. The molecule has 1 heterocycles. The molecular formula is C12H16N4. The summed E-state index contributed by atoms with van der Waals surface area (Å²) < 4.78 is 0. The molecule has 0 aliphatic heterocycles. The first-order valence-corrected chi connectivity index (χ1v) is 5.68. The Kier molecular flexibility index (Phi) is 3.37. The zero-order chi connectivity index (χ0) is 11.4. The first-order chi connectivity index (χ1) is 7.81. The van der Waals surface area contributed by atoms with Crippen molar-refractivity contribution < 1.29 is 0 Å². The molecule has 2 atom stereocenters. The van der Waals surface area contributed by atoms with Gasteiger partial charge in [0.25, 0.3) is 0 Å². The smallest absolute Gasteiger partial charge is 0.144 e. The molecule has 1 aromatic rings. The quantitative estimate of drug-likeness (QED) is 0.788. The van der Waals surface area contributed by atoms with Gasteiger partial charge in [-0.25, -0.2) is 4.98 Å². The van der Waals surface area contributed by atoms with Gasteiger partial charge in [-0.1, -0.05) is 12.8 Å². The van der Waals surface area contributed by atoms with E-state index in [4.69, 9.17) is 11.0 Å². The SMILES string of the molecule is N#Cc1cccnc1N[C@H]1CCCC[C@@H]1N. The first-order valence-electron chi connectivity index (χ1n) is 5.68. The number of hydrogen-bond donors (Lipinski definition) is 2. The fraction of sp³-hybridized carbons (Fsp3) is 0.500. The van der Waals surface area contributed by atoms with Crippen LogP contribution in [0.4, 0.5) is 5.82 Å². The van der Waals surface area contributed by atoms with Crippen molar-refractivity contribution in [2.24, 2.45) is 5.73 Å². The first kappa shape index (κ1) is 10.9. The number of nitrogens with one attached hydrogen (secondary N) is 1. The molecule has 0 bridgehead atoms. The molecule has 84 valence electrons. The minimum atomic E-state index is 0.169. The number of aromatic nitrogens is 1. The van der Waals surface area contributed by atoms with Gasteiger partial charge in [-0.3, -0.25) is 0 Å². The van der Waals surface area contributed by atoms with E-state index >= 15 is 0 Å². The van der Waals surface area contributed by atoms with Crippen molar-refractivity contribution in [1.82, 2.24) is 4.98 Å². The molecule has 0 spiro atoms. The number of rotatable bonds is 2. The Hall–Kier alpha value is -1.60. The Labute approximate surface area is 95.5 Å². The van der Waals surface area contributed by atoms with Crippen molar-refractivity contribution >= 4 is 5.82 Å². The summed E-state index contributed by atoms with van der Waals surface area (Å²) in [5.41, 5.74) is 6.63. The molecule has 1 aromatic heterocycles. The number of anilines is 1. The van der Waals surface area contributed by atoms with Crippen LogP contribution >= 0.6 is 0 Å². The van der Waals surface area contributed by atoms with Crippen LogP contribution in [0.5, 0.6) is 0 Å². The molecule has 1 saturated carbocycles. The van der Waals surface area contributed by atoms with Gasteiger partial charge in [0.05, 0.1) is 5.56 Å². The van der Waals surface area contributed by atoms with E-state index in [1.165, 1.54) is 12.8 Å². The zero-order valence-corrected chi connectivity index (χ0v) is 9.19. The topological polar surface area (TPSA) is 74.7 Å². The summed E-state index contributed by atoms with van der Waals surface area (Å²) in [6.45, 7) is 0. The highest BCUT2D eigenvalue weighted by Gasteiger charge is 2.22. The average Bonchev–Trinajstić information content (AvgIpc) is 2.33. The summed E-state index contributed by atoms with van der Waals surface area (Å²) in [4.78, 5) is 4.19. The van der Waals surface area contributed by atoms with Gasteiger partial charge in [-0.2, -0.15) is 5.26 Å². The van der Waals surface area contributed by atoms with Gasteiger partial charge >= 0.3 is 0 Å². The highest BCUT2D eigenvalue weighted by molar-refractivity contribution is 5.51. The largest absolute Gasteiger partial charge is 0.365 e. The van der Waals surface area contributed by atoms with Crippen molar-refractivity contribution in [3.8, 4) is 6.07 Å². The van der Waals surface area contributed by atoms with Crippen LogP contribution in [0.2, 0.25) is 0 Å². The van der Waals surface area contributed by atoms with Crippen LogP contribution in [-0.2, 0) is 0 Å². The number of nitriles is 1. The Morgan fingerprint density at radius 3 is 3.00 bits per heavy atom. The van der Waals surface area contributed by atoms with E-state index in [-0.39, 0.29) is 12.1 Å². The van der Waals surface area contributed by atoms with Gasteiger partial charge in [-0.15, -0.1) is 0 Å².